The molecule has 8 heteroatoms. The second kappa shape index (κ2) is 9.05. The lowest BCUT2D eigenvalue weighted by Gasteiger charge is -2.10. The van der Waals surface area contributed by atoms with E-state index in [2.05, 4.69) is 20.6 Å². The standard InChI is InChI=1S/C20H19ClN4O3/c1-27-17-6-4-3-5-13(17)11-22-20(26)16-10-19(24-12-23-16)25-14-7-8-18(28-2)15(21)9-14/h3-10,12H,11H2,1-2H3,(H,22,26)(H,23,24,25). The van der Waals surface area contributed by atoms with Crippen LogP contribution >= 0.6 is 11.6 Å². The van der Waals surface area contributed by atoms with E-state index in [1.165, 1.54) is 6.33 Å². The number of nitrogens with one attached hydrogen (secondary N) is 2. The summed E-state index contributed by atoms with van der Waals surface area (Å²) in [5.41, 5.74) is 1.83. The van der Waals surface area contributed by atoms with Crippen molar-refractivity contribution < 1.29 is 14.3 Å². The monoisotopic (exact) mass is 398 g/mol. The smallest absolute Gasteiger partial charge is 0.270 e. The number of amides is 1. The molecule has 1 heterocycles. The highest BCUT2D eigenvalue weighted by Crippen LogP contribution is 2.28. The molecule has 0 spiro atoms. The van der Waals surface area contributed by atoms with E-state index < -0.39 is 0 Å². The summed E-state index contributed by atoms with van der Waals surface area (Å²) in [6.45, 7) is 0.323. The van der Waals surface area contributed by atoms with Crippen LogP contribution < -0.4 is 20.1 Å². The normalized spacial score (nSPS) is 10.2. The predicted molar refractivity (Wildman–Crippen MR) is 107 cm³/mol. The van der Waals surface area contributed by atoms with Gasteiger partial charge in [-0.25, -0.2) is 9.97 Å². The Kier molecular flexibility index (Phi) is 6.29. The van der Waals surface area contributed by atoms with Crippen molar-refractivity contribution in [3.8, 4) is 11.5 Å². The fraction of sp³-hybridized carbons (Fsp3) is 0.150. The molecular formula is C20H19ClN4O3. The van der Waals surface area contributed by atoms with Crippen LogP contribution in [0.2, 0.25) is 5.02 Å². The Bertz CT molecular complexity index is 981. The molecule has 0 fully saturated rings. The van der Waals surface area contributed by atoms with Crippen molar-refractivity contribution in [1.82, 2.24) is 15.3 Å². The maximum Gasteiger partial charge on any atom is 0.270 e. The van der Waals surface area contributed by atoms with Gasteiger partial charge in [0.05, 0.1) is 19.2 Å². The molecule has 3 aromatic rings. The lowest BCUT2D eigenvalue weighted by molar-refractivity contribution is 0.0945. The first-order valence-electron chi connectivity index (χ1n) is 8.43. The first kappa shape index (κ1) is 19.4. The summed E-state index contributed by atoms with van der Waals surface area (Å²) in [4.78, 5) is 20.6. The number of halogens is 1. The minimum absolute atomic E-state index is 0.243. The third-order valence-corrected chi connectivity index (χ3v) is 4.25. The summed E-state index contributed by atoms with van der Waals surface area (Å²) in [5, 5.41) is 6.39. The van der Waals surface area contributed by atoms with Crippen molar-refractivity contribution >= 4 is 29.0 Å². The number of carbonyl (C=O) groups is 1. The SMILES string of the molecule is COc1ccc(Nc2cc(C(=O)NCc3ccccc3OC)ncn2)cc1Cl. The highest BCUT2D eigenvalue weighted by molar-refractivity contribution is 6.32. The summed E-state index contributed by atoms with van der Waals surface area (Å²) in [7, 11) is 3.14. The summed E-state index contributed by atoms with van der Waals surface area (Å²) in [5.74, 6) is 1.44. The highest BCUT2D eigenvalue weighted by Gasteiger charge is 2.11. The maximum absolute atomic E-state index is 12.5. The predicted octanol–water partition coefficient (Wildman–Crippen LogP) is 3.82. The Morgan fingerprint density at radius 2 is 1.82 bits per heavy atom. The van der Waals surface area contributed by atoms with E-state index in [0.29, 0.717) is 34.6 Å². The van der Waals surface area contributed by atoms with Crippen molar-refractivity contribution in [2.75, 3.05) is 19.5 Å². The summed E-state index contributed by atoms with van der Waals surface area (Å²) < 4.78 is 10.4. The van der Waals surface area contributed by atoms with E-state index in [1.54, 1.807) is 38.5 Å². The molecule has 0 aliphatic carbocycles. The molecule has 0 atom stereocenters. The van der Waals surface area contributed by atoms with Gasteiger partial charge >= 0.3 is 0 Å². The second-order valence-electron chi connectivity index (χ2n) is 5.76. The summed E-state index contributed by atoms with van der Waals surface area (Å²) in [6, 6.07) is 14.3. The van der Waals surface area contributed by atoms with Crippen LogP contribution in [0.15, 0.2) is 54.9 Å². The van der Waals surface area contributed by atoms with Gasteiger partial charge in [-0.15, -0.1) is 0 Å². The molecule has 2 N–H and O–H groups in total. The maximum atomic E-state index is 12.5. The number of anilines is 2. The number of carbonyl (C=O) groups excluding carboxylic acids is 1. The van der Waals surface area contributed by atoms with E-state index in [-0.39, 0.29) is 11.6 Å². The minimum Gasteiger partial charge on any atom is -0.496 e. The zero-order valence-electron chi connectivity index (χ0n) is 15.4. The third-order valence-electron chi connectivity index (χ3n) is 3.96. The first-order valence-corrected chi connectivity index (χ1v) is 8.81. The van der Waals surface area contributed by atoms with Gasteiger partial charge in [-0.3, -0.25) is 4.79 Å². The Labute approximate surface area is 167 Å². The Balaban J connectivity index is 1.68. The van der Waals surface area contributed by atoms with Crippen LogP contribution in [0, 0.1) is 0 Å². The van der Waals surface area contributed by atoms with Gasteiger partial charge in [0.15, 0.2) is 0 Å². The molecule has 7 nitrogen and oxygen atoms in total. The largest absolute Gasteiger partial charge is 0.496 e. The molecule has 0 saturated carbocycles. The number of aromatic nitrogens is 2. The molecule has 0 saturated heterocycles. The fourth-order valence-electron chi connectivity index (χ4n) is 2.56. The van der Waals surface area contributed by atoms with Gasteiger partial charge < -0.3 is 20.1 Å². The Morgan fingerprint density at radius 1 is 1.04 bits per heavy atom. The van der Waals surface area contributed by atoms with Crippen LogP contribution in [-0.4, -0.2) is 30.1 Å². The van der Waals surface area contributed by atoms with E-state index >= 15 is 0 Å². The van der Waals surface area contributed by atoms with Gasteiger partial charge in [-0.2, -0.15) is 0 Å². The average Bonchev–Trinajstić information content (AvgIpc) is 2.72. The molecule has 1 amide bonds. The number of benzene rings is 2. The molecule has 0 aliphatic rings. The number of ether oxygens (including phenoxy) is 2. The van der Waals surface area contributed by atoms with Crippen LogP contribution in [0.1, 0.15) is 16.1 Å². The molecule has 28 heavy (non-hydrogen) atoms. The quantitative estimate of drug-likeness (QED) is 0.629. The zero-order valence-corrected chi connectivity index (χ0v) is 16.2. The van der Waals surface area contributed by atoms with Gasteiger partial charge in [-0.1, -0.05) is 29.8 Å². The number of hydrogen-bond acceptors (Lipinski definition) is 6. The molecule has 0 aliphatic heterocycles. The number of para-hydroxylation sites is 1. The van der Waals surface area contributed by atoms with Crippen molar-refractivity contribution in [2.24, 2.45) is 0 Å². The summed E-state index contributed by atoms with van der Waals surface area (Å²) in [6.07, 6.45) is 1.32. The topological polar surface area (TPSA) is 85.4 Å². The number of methoxy groups -OCH3 is 2. The molecule has 2 aromatic carbocycles. The van der Waals surface area contributed by atoms with Gasteiger partial charge in [-0.05, 0) is 24.3 Å². The number of hydrogen-bond donors (Lipinski definition) is 2. The minimum atomic E-state index is -0.316. The zero-order chi connectivity index (χ0) is 19.9. The van der Waals surface area contributed by atoms with Crippen molar-refractivity contribution in [1.29, 1.82) is 0 Å². The van der Waals surface area contributed by atoms with E-state index in [1.807, 2.05) is 24.3 Å². The molecule has 0 bridgehead atoms. The number of rotatable bonds is 7. The van der Waals surface area contributed by atoms with E-state index in [9.17, 15) is 4.79 Å². The van der Waals surface area contributed by atoms with Crippen molar-refractivity contribution in [2.45, 2.75) is 6.54 Å². The van der Waals surface area contributed by atoms with Gasteiger partial charge in [0, 0.05) is 23.9 Å². The van der Waals surface area contributed by atoms with Gasteiger partial charge in [0.2, 0.25) is 0 Å². The molecule has 0 radical (unpaired) electrons. The van der Waals surface area contributed by atoms with Gasteiger partial charge in [0.25, 0.3) is 5.91 Å². The van der Waals surface area contributed by atoms with Crippen LogP contribution in [0.3, 0.4) is 0 Å². The van der Waals surface area contributed by atoms with E-state index in [0.717, 1.165) is 5.56 Å². The molecule has 3 rings (SSSR count). The Morgan fingerprint density at radius 3 is 2.57 bits per heavy atom. The fourth-order valence-corrected chi connectivity index (χ4v) is 2.81. The van der Waals surface area contributed by atoms with Crippen molar-refractivity contribution in [3.05, 3.63) is 71.1 Å². The van der Waals surface area contributed by atoms with Crippen LogP contribution in [0.4, 0.5) is 11.5 Å². The molecule has 1 aromatic heterocycles. The second-order valence-corrected chi connectivity index (χ2v) is 6.16. The Hall–Kier alpha value is -3.32. The highest BCUT2D eigenvalue weighted by atomic mass is 35.5. The lowest BCUT2D eigenvalue weighted by Crippen LogP contribution is -2.24. The molecular weight excluding hydrogens is 380 g/mol. The van der Waals surface area contributed by atoms with Crippen LogP contribution in [0.5, 0.6) is 11.5 Å². The molecule has 144 valence electrons. The van der Waals surface area contributed by atoms with Gasteiger partial charge in [0.1, 0.15) is 29.3 Å². The third kappa shape index (κ3) is 4.69. The first-order chi connectivity index (χ1) is 13.6. The van der Waals surface area contributed by atoms with Crippen LogP contribution in [-0.2, 0) is 6.54 Å². The average molecular weight is 399 g/mol. The van der Waals surface area contributed by atoms with Crippen molar-refractivity contribution in [3.63, 3.8) is 0 Å². The van der Waals surface area contributed by atoms with E-state index in [4.69, 9.17) is 21.1 Å². The molecule has 0 unspecified atom stereocenters. The lowest BCUT2D eigenvalue weighted by atomic mass is 10.2. The number of nitrogens with zero attached hydrogens (tertiary/aromatic N) is 2. The van der Waals surface area contributed by atoms with Crippen LogP contribution in [0.25, 0.3) is 0 Å². The summed E-state index contributed by atoms with van der Waals surface area (Å²) >= 11 is 6.13.